The average molecular weight is 363 g/mol. The molecule has 0 aliphatic heterocycles. The van der Waals surface area contributed by atoms with Gasteiger partial charge in [-0.25, -0.2) is 0 Å². The van der Waals surface area contributed by atoms with Crippen molar-refractivity contribution in [2.24, 2.45) is 0 Å². The van der Waals surface area contributed by atoms with Gasteiger partial charge in [0.15, 0.2) is 0 Å². The van der Waals surface area contributed by atoms with Crippen molar-refractivity contribution >= 4 is 34.6 Å². The van der Waals surface area contributed by atoms with Crippen LogP contribution >= 0.6 is 11.6 Å². The number of benzene rings is 2. The lowest BCUT2D eigenvalue weighted by Crippen LogP contribution is -2.12. The van der Waals surface area contributed by atoms with Crippen LogP contribution < -0.4 is 10.6 Å². The second kappa shape index (κ2) is 7.68. The van der Waals surface area contributed by atoms with Crippen LogP contribution in [0.15, 0.2) is 60.9 Å². The molecule has 3 aromatic rings. The summed E-state index contributed by atoms with van der Waals surface area (Å²) in [6, 6.07) is 16.0. The van der Waals surface area contributed by atoms with E-state index in [0.29, 0.717) is 27.5 Å². The maximum absolute atomic E-state index is 12.5. The first-order valence-corrected chi connectivity index (χ1v) is 8.23. The van der Waals surface area contributed by atoms with Gasteiger partial charge < -0.3 is 10.6 Å². The molecule has 1 amide bonds. The smallest absolute Gasteiger partial charge is 0.257 e. The van der Waals surface area contributed by atoms with E-state index in [1.807, 2.05) is 25.1 Å². The fourth-order valence-electron chi connectivity index (χ4n) is 2.43. The predicted octanol–water partition coefficient (Wildman–Crippen LogP) is 4.91. The maximum Gasteiger partial charge on any atom is 0.257 e. The van der Waals surface area contributed by atoms with Crippen LogP contribution in [0.4, 0.5) is 17.1 Å². The molecule has 3 rings (SSSR count). The molecule has 0 aliphatic rings. The molecule has 2 aromatic carbocycles. The van der Waals surface area contributed by atoms with Gasteiger partial charge in [-0.15, -0.1) is 0 Å². The molecule has 1 heterocycles. The topological polar surface area (TPSA) is 77.8 Å². The summed E-state index contributed by atoms with van der Waals surface area (Å²) in [6.07, 6.45) is 3.13. The van der Waals surface area contributed by atoms with Crippen LogP contribution in [-0.2, 0) is 0 Å². The molecule has 0 fully saturated rings. The zero-order valence-corrected chi connectivity index (χ0v) is 14.7. The van der Waals surface area contributed by atoms with Crippen molar-refractivity contribution in [1.82, 2.24) is 4.98 Å². The van der Waals surface area contributed by atoms with E-state index in [1.54, 1.807) is 42.6 Å². The van der Waals surface area contributed by atoms with E-state index in [0.717, 1.165) is 11.3 Å². The first-order chi connectivity index (χ1) is 12.5. The summed E-state index contributed by atoms with van der Waals surface area (Å²) in [6.45, 7) is 1.94. The quantitative estimate of drug-likeness (QED) is 0.691. The number of nitrogens with one attached hydrogen (secondary N) is 2. The van der Waals surface area contributed by atoms with E-state index in [-0.39, 0.29) is 5.91 Å². The minimum absolute atomic E-state index is 0.302. The number of anilines is 3. The van der Waals surface area contributed by atoms with Crippen molar-refractivity contribution in [3.8, 4) is 6.07 Å². The van der Waals surface area contributed by atoms with E-state index >= 15 is 0 Å². The fraction of sp³-hybridized carbons (Fsp3) is 0.0500. The summed E-state index contributed by atoms with van der Waals surface area (Å²) in [7, 11) is 0. The van der Waals surface area contributed by atoms with Gasteiger partial charge in [-0.3, -0.25) is 9.78 Å². The monoisotopic (exact) mass is 362 g/mol. The second-order valence-corrected chi connectivity index (χ2v) is 6.13. The first kappa shape index (κ1) is 17.5. The molecular weight excluding hydrogens is 348 g/mol. The molecule has 0 unspecified atom stereocenters. The van der Waals surface area contributed by atoms with E-state index in [1.165, 1.54) is 6.20 Å². The van der Waals surface area contributed by atoms with Gasteiger partial charge in [-0.2, -0.15) is 5.26 Å². The lowest BCUT2D eigenvalue weighted by Gasteiger charge is -2.11. The number of aryl methyl sites for hydroxylation is 1. The molecule has 26 heavy (non-hydrogen) atoms. The molecule has 0 atom stereocenters. The number of halogens is 1. The molecule has 128 valence electrons. The van der Waals surface area contributed by atoms with Crippen molar-refractivity contribution in [2.45, 2.75) is 6.92 Å². The Bertz CT molecular complexity index is 1010. The van der Waals surface area contributed by atoms with Crippen molar-refractivity contribution in [2.75, 3.05) is 10.6 Å². The summed E-state index contributed by atoms with van der Waals surface area (Å²) >= 11 is 5.97. The highest BCUT2D eigenvalue weighted by atomic mass is 35.5. The molecule has 0 aliphatic carbocycles. The molecular formula is C20H15ClN4O. The van der Waals surface area contributed by atoms with Crippen LogP contribution in [0.2, 0.25) is 5.02 Å². The number of pyridine rings is 1. The third-order valence-corrected chi connectivity index (χ3v) is 3.95. The van der Waals surface area contributed by atoms with Crippen molar-refractivity contribution in [3.05, 3.63) is 82.6 Å². The fourth-order valence-corrected chi connectivity index (χ4v) is 2.65. The Kier molecular flexibility index (Phi) is 5.16. The number of hydrogen-bond acceptors (Lipinski definition) is 4. The average Bonchev–Trinajstić information content (AvgIpc) is 2.64. The van der Waals surface area contributed by atoms with E-state index < -0.39 is 0 Å². The zero-order chi connectivity index (χ0) is 18.5. The molecule has 0 saturated carbocycles. The van der Waals surface area contributed by atoms with Crippen molar-refractivity contribution < 1.29 is 4.79 Å². The summed E-state index contributed by atoms with van der Waals surface area (Å²) < 4.78 is 0. The Morgan fingerprint density at radius 3 is 2.73 bits per heavy atom. The lowest BCUT2D eigenvalue weighted by molar-refractivity contribution is 0.102. The van der Waals surface area contributed by atoms with Gasteiger partial charge in [0.2, 0.25) is 0 Å². The zero-order valence-electron chi connectivity index (χ0n) is 14.0. The molecule has 0 bridgehead atoms. The van der Waals surface area contributed by atoms with Gasteiger partial charge in [0.25, 0.3) is 5.91 Å². The summed E-state index contributed by atoms with van der Waals surface area (Å²) in [4.78, 5) is 16.6. The van der Waals surface area contributed by atoms with Crippen molar-refractivity contribution in [3.63, 3.8) is 0 Å². The summed E-state index contributed by atoms with van der Waals surface area (Å²) in [5.41, 5.74) is 4.00. The number of aromatic nitrogens is 1. The maximum atomic E-state index is 12.5. The van der Waals surface area contributed by atoms with Crippen LogP contribution in [0.3, 0.4) is 0 Å². The van der Waals surface area contributed by atoms with Gasteiger partial charge in [-0.05, 0) is 55.0 Å². The van der Waals surface area contributed by atoms with Gasteiger partial charge >= 0.3 is 0 Å². The highest BCUT2D eigenvalue weighted by Crippen LogP contribution is 2.23. The number of amides is 1. The van der Waals surface area contributed by atoms with Crippen LogP contribution in [0.5, 0.6) is 0 Å². The van der Waals surface area contributed by atoms with E-state index in [4.69, 9.17) is 16.9 Å². The molecule has 0 spiro atoms. The Hall–Kier alpha value is -3.36. The highest BCUT2D eigenvalue weighted by Gasteiger charge is 2.09. The standard InChI is InChI=1S/C20H15ClN4O/c1-13-7-16(21)5-6-19(13)24-18-9-15(11-23-12-18)20(26)25-17-4-2-3-14(8-17)10-22/h2-9,11-12,24H,1H3,(H,25,26). The second-order valence-electron chi connectivity index (χ2n) is 5.69. The highest BCUT2D eigenvalue weighted by molar-refractivity contribution is 6.30. The van der Waals surface area contributed by atoms with Crippen LogP contribution in [0.25, 0.3) is 0 Å². The lowest BCUT2D eigenvalue weighted by atomic mass is 10.2. The van der Waals surface area contributed by atoms with Crippen molar-refractivity contribution in [1.29, 1.82) is 5.26 Å². The number of carbonyl (C=O) groups is 1. The number of nitrogens with zero attached hydrogens (tertiary/aromatic N) is 2. The minimum Gasteiger partial charge on any atom is -0.354 e. The van der Waals surface area contributed by atoms with E-state index in [2.05, 4.69) is 15.6 Å². The number of rotatable bonds is 4. The largest absolute Gasteiger partial charge is 0.354 e. The number of nitriles is 1. The molecule has 2 N–H and O–H groups in total. The van der Waals surface area contributed by atoms with E-state index in [9.17, 15) is 4.79 Å². The molecule has 6 heteroatoms. The Balaban J connectivity index is 1.78. The Labute approximate surface area is 156 Å². The summed E-state index contributed by atoms with van der Waals surface area (Å²) in [5.74, 6) is -0.302. The molecule has 0 saturated heterocycles. The third-order valence-electron chi connectivity index (χ3n) is 3.72. The Morgan fingerprint density at radius 2 is 1.96 bits per heavy atom. The van der Waals surface area contributed by atoms with Gasteiger partial charge in [0.1, 0.15) is 0 Å². The summed E-state index contributed by atoms with van der Waals surface area (Å²) in [5, 5.41) is 15.6. The van der Waals surface area contributed by atoms with Crippen LogP contribution in [0.1, 0.15) is 21.5 Å². The molecule has 0 radical (unpaired) electrons. The van der Waals surface area contributed by atoms with Gasteiger partial charge in [0.05, 0.1) is 29.1 Å². The number of carbonyl (C=O) groups excluding carboxylic acids is 1. The van der Waals surface area contributed by atoms with Crippen LogP contribution in [-0.4, -0.2) is 10.9 Å². The third kappa shape index (κ3) is 4.18. The molecule has 1 aromatic heterocycles. The van der Waals surface area contributed by atoms with Crippen LogP contribution in [0, 0.1) is 18.3 Å². The normalized spacial score (nSPS) is 10.0. The first-order valence-electron chi connectivity index (χ1n) is 7.85. The number of hydrogen-bond donors (Lipinski definition) is 2. The Morgan fingerprint density at radius 1 is 1.12 bits per heavy atom. The minimum atomic E-state index is -0.302. The molecule has 5 nitrogen and oxygen atoms in total. The van der Waals surface area contributed by atoms with Gasteiger partial charge in [-0.1, -0.05) is 17.7 Å². The SMILES string of the molecule is Cc1cc(Cl)ccc1Nc1cncc(C(=O)Nc2cccc(C#N)c2)c1. The van der Waals surface area contributed by atoms with Gasteiger partial charge in [0, 0.05) is 22.6 Å². The predicted molar refractivity (Wildman–Crippen MR) is 103 cm³/mol.